The number of thiophene rings is 1. The van der Waals surface area contributed by atoms with Gasteiger partial charge in [0, 0.05) is 22.9 Å². The molecule has 0 aliphatic heterocycles. The van der Waals surface area contributed by atoms with Crippen LogP contribution in [0, 0.1) is 0 Å². The highest BCUT2D eigenvalue weighted by molar-refractivity contribution is 7.99. The van der Waals surface area contributed by atoms with Gasteiger partial charge in [-0.2, -0.15) is 0 Å². The largest absolute Gasteiger partial charge is 0.492 e. The van der Waals surface area contributed by atoms with Crippen LogP contribution in [0.15, 0.2) is 42.1 Å². The number of carbonyl (C=O) groups excluding carboxylic acids is 2. The van der Waals surface area contributed by atoms with Gasteiger partial charge in [-0.3, -0.25) is 4.79 Å². The normalized spacial score (nSPS) is 10.8. The van der Waals surface area contributed by atoms with Crippen molar-refractivity contribution in [1.82, 2.24) is 14.8 Å². The molecule has 1 N–H and O–H groups in total. The van der Waals surface area contributed by atoms with Gasteiger partial charge in [0.15, 0.2) is 5.16 Å². The van der Waals surface area contributed by atoms with Crippen molar-refractivity contribution < 1.29 is 19.1 Å². The van der Waals surface area contributed by atoms with Gasteiger partial charge in [0.2, 0.25) is 5.91 Å². The third-order valence-corrected chi connectivity index (χ3v) is 7.62. The van der Waals surface area contributed by atoms with E-state index in [-0.39, 0.29) is 11.7 Å². The number of nitrogens with zero attached hydrogens (tertiary/aromatic N) is 3. The van der Waals surface area contributed by atoms with Gasteiger partial charge in [0.1, 0.15) is 16.6 Å². The highest BCUT2D eigenvalue weighted by Crippen LogP contribution is 2.30. The first-order valence-corrected chi connectivity index (χ1v) is 13.7. The number of carbonyl (C=O) groups is 2. The monoisotopic (exact) mass is 568 g/mol. The quantitative estimate of drug-likeness (QED) is 0.118. The van der Waals surface area contributed by atoms with Crippen LogP contribution < -0.4 is 10.1 Å². The summed E-state index contributed by atoms with van der Waals surface area (Å²) in [6.45, 7) is 6.74. The van der Waals surface area contributed by atoms with Crippen LogP contribution in [-0.4, -0.2) is 46.1 Å². The molecule has 192 valence electrons. The molecule has 1 amide bonds. The second-order valence-electron chi connectivity index (χ2n) is 7.46. The molecule has 12 heteroatoms. The number of methoxy groups -OCH3 is 1. The average molecular weight is 570 g/mol. The van der Waals surface area contributed by atoms with Gasteiger partial charge < -0.3 is 19.4 Å². The molecule has 2 heterocycles. The molecule has 0 atom stereocenters. The first kappa shape index (κ1) is 28.0. The summed E-state index contributed by atoms with van der Waals surface area (Å²) in [5, 5.41) is 13.5. The molecule has 8 nitrogen and oxygen atoms in total. The molecule has 0 bridgehead atoms. The lowest BCUT2D eigenvalue weighted by molar-refractivity contribution is -0.113. The number of hydrogen-bond donors (Lipinski definition) is 1. The Morgan fingerprint density at radius 2 is 2.08 bits per heavy atom. The van der Waals surface area contributed by atoms with E-state index in [1.54, 1.807) is 30.3 Å². The summed E-state index contributed by atoms with van der Waals surface area (Å²) in [7, 11) is 1.32. The summed E-state index contributed by atoms with van der Waals surface area (Å²) in [6, 6.07) is 6.84. The standard InChI is InChI=1S/C24H26Cl2N4O4S2/c1-4-10-30-20(7-6-11-34-19-9-8-15(25)12-18(19)26)28-29-24(30)35-14-21(31)27-22-17(23(32)33-3)13-16(5-2)36-22/h4,8-9,12-13H,1,5-7,10-11,14H2,2-3H3,(H,27,31). The van der Waals surface area contributed by atoms with E-state index < -0.39 is 5.97 Å². The number of anilines is 1. The molecular formula is C24H26Cl2N4O4S2. The first-order valence-electron chi connectivity index (χ1n) is 11.1. The van der Waals surface area contributed by atoms with Crippen molar-refractivity contribution in [1.29, 1.82) is 0 Å². The lowest BCUT2D eigenvalue weighted by Crippen LogP contribution is -2.16. The van der Waals surface area contributed by atoms with Crippen molar-refractivity contribution in [2.24, 2.45) is 0 Å². The molecule has 0 radical (unpaired) electrons. The average Bonchev–Trinajstić information content (AvgIpc) is 3.45. The lowest BCUT2D eigenvalue weighted by atomic mass is 10.2. The second-order valence-corrected chi connectivity index (χ2v) is 10.4. The van der Waals surface area contributed by atoms with Crippen molar-refractivity contribution in [3.63, 3.8) is 0 Å². The number of aromatic nitrogens is 3. The number of esters is 1. The zero-order valence-corrected chi connectivity index (χ0v) is 23.0. The number of ether oxygens (including phenoxy) is 2. The summed E-state index contributed by atoms with van der Waals surface area (Å²) in [6.07, 6.45) is 3.82. The predicted octanol–water partition coefficient (Wildman–Crippen LogP) is 5.92. The van der Waals surface area contributed by atoms with Gasteiger partial charge in [-0.25, -0.2) is 4.79 Å². The minimum atomic E-state index is -0.480. The van der Waals surface area contributed by atoms with Crippen LogP contribution in [0.1, 0.15) is 34.4 Å². The predicted molar refractivity (Wildman–Crippen MR) is 145 cm³/mol. The van der Waals surface area contributed by atoms with E-state index >= 15 is 0 Å². The van der Waals surface area contributed by atoms with Gasteiger partial charge in [-0.15, -0.1) is 28.1 Å². The Bertz CT molecular complexity index is 1230. The minimum absolute atomic E-state index is 0.105. The molecule has 0 aliphatic carbocycles. The number of aryl methyl sites for hydroxylation is 2. The smallest absolute Gasteiger partial charge is 0.340 e. The highest BCUT2D eigenvalue weighted by atomic mass is 35.5. The number of thioether (sulfide) groups is 1. The van der Waals surface area contributed by atoms with Crippen molar-refractivity contribution in [3.05, 3.63) is 63.2 Å². The Kier molecular flexibility index (Phi) is 10.7. The molecule has 0 spiro atoms. The molecule has 0 fully saturated rings. The molecule has 36 heavy (non-hydrogen) atoms. The zero-order chi connectivity index (χ0) is 26.1. The third-order valence-electron chi connectivity index (χ3n) is 4.92. The van der Waals surface area contributed by atoms with Crippen molar-refractivity contribution >= 4 is 63.2 Å². The molecule has 0 saturated carbocycles. The van der Waals surface area contributed by atoms with Crippen molar-refractivity contribution in [2.45, 2.75) is 37.9 Å². The van der Waals surface area contributed by atoms with Crippen LogP contribution in [0.4, 0.5) is 5.00 Å². The fourth-order valence-corrected chi connectivity index (χ4v) is 5.42. The van der Waals surface area contributed by atoms with E-state index in [4.69, 9.17) is 32.7 Å². The molecule has 0 unspecified atom stereocenters. The van der Waals surface area contributed by atoms with Crippen molar-refractivity contribution in [2.75, 3.05) is 24.8 Å². The lowest BCUT2D eigenvalue weighted by Gasteiger charge is -2.10. The number of amides is 1. The highest BCUT2D eigenvalue weighted by Gasteiger charge is 2.19. The number of rotatable bonds is 13. The Morgan fingerprint density at radius 3 is 2.78 bits per heavy atom. The molecule has 1 aromatic carbocycles. The SMILES string of the molecule is C=CCn1c(CCCOc2ccc(Cl)cc2Cl)nnc1SCC(=O)Nc1sc(CC)cc1C(=O)OC. The Labute approximate surface area is 228 Å². The van der Waals surface area contributed by atoms with E-state index in [0.29, 0.717) is 57.5 Å². The summed E-state index contributed by atoms with van der Waals surface area (Å²) in [4.78, 5) is 25.6. The maximum atomic E-state index is 12.6. The Hall–Kier alpha value is -2.53. The van der Waals surface area contributed by atoms with E-state index in [2.05, 4.69) is 22.1 Å². The number of hydrogen-bond acceptors (Lipinski definition) is 8. The molecule has 2 aromatic heterocycles. The fraction of sp³-hybridized carbons (Fsp3) is 0.333. The summed E-state index contributed by atoms with van der Waals surface area (Å²) in [5.41, 5.74) is 0.358. The Balaban J connectivity index is 1.57. The molecule has 3 aromatic rings. The molecule has 0 saturated heterocycles. The summed E-state index contributed by atoms with van der Waals surface area (Å²) < 4.78 is 12.5. The number of allylic oxidation sites excluding steroid dienone is 1. The maximum absolute atomic E-state index is 12.6. The second kappa shape index (κ2) is 13.7. The van der Waals surface area contributed by atoms with Crippen LogP contribution in [0.5, 0.6) is 5.75 Å². The first-order chi connectivity index (χ1) is 17.4. The van der Waals surface area contributed by atoms with Crippen LogP contribution in [0.2, 0.25) is 10.0 Å². The summed E-state index contributed by atoms with van der Waals surface area (Å²) in [5.74, 6) is 0.711. The number of benzene rings is 1. The van der Waals surface area contributed by atoms with Gasteiger partial charge in [0.05, 0.1) is 30.1 Å². The van der Waals surface area contributed by atoms with E-state index in [1.807, 2.05) is 11.5 Å². The van der Waals surface area contributed by atoms with E-state index in [9.17, 15) is 9.59 Å². The van der Waals surface area contributed by atoms with Gasteiger partial charge in [-0.1, -0.05) is 48.0 Å². The van der Waals surface area contributed by atoms with Crippen LogP contribution in [0.25, 0.3) is 0 Å². The van der Waals surface area contributed by atoms with Crippen LogP contribution in [-0.2, 0) is 28.9 Å². The molecule has 0 aliphatic rings. The van der Waals surface area contributed by atoms with E-state index in [0.717, 1.165) is 17.1 Å². The summed E-state index contributed by atoms with van der Waals surface area (Å²) >= 11 is 14.7. The topological polar surface area (TPSA) is 95.3 Å². The van der Waals surface area contributed by atoms with Crippen LogP contribution >= 0.6 is 46.3 Å². The van der Waals surface area contributed by atoms with Gasteiger partial charge >= 0.3 is 5.97 Å². The Morgan fingerprint density at radius 1 is 1.28 bits per heavy atom. The maximum Gasteiger partial charge on any atom is 0.340 e. The molecule has 3 rings (SSSR count). The van der Waals surface area contributed by atoms with E-state index in [1.165, 1.54) is 30.2 Å². The number of halogens is 2. The minimum Gasteiger partial charge on any atom is -0.492 e. The zero-order valence-electron chi connectivity index (χ0n) is 19.9. The van der Waals surface area contributed by atoms with Gasteiger partial charge in [0.25, 0.3) is 0 Å². The van der Waals surface area contributed by atoms with Crippen molar-refractivity contribution in [3.8, 4) is 5.75 Å². The molecular weight excluding hydrogens is 543 g/mol. The number of nitrogens with one attached hydrogen (secondary N) is 1. The van der Waals surface area contributed by atoms with Gasteiger partial charge in [-0.05, 0) is 37.1 Å². The third kappa shape index (κ3) is 7.49. The fourth-order valence-electron chi connectivity index (χ4n) is 3.19. The van der Waals surface area contributed by atoms with Crippen LogP contribution in [0.3, 0.4) is 0 Å².